The van der Waals surface area contributed by atoms with E-state index in [4.69, 9.17) is 9.47 Å². The molecular weight excluding hydrogens is 248 g/mol. The maximum absolute atomic E-state index is 11.6. The van der Waals surface area contributed by atoms with Gasteiger partial charge in [0.25, 0.3) is 0 Å². The molecule has 0 fully saturated rings. The highest BCUT2D eigenvalue weighted by Crippen LogP contribution is 2.33. The molecule has 0 aliphatic carbocycles. The number of rotatable bonds is 4. The molecule has 0 radical (unpaired) electrons. The Morgan fingerprint density at radius 3 is 2.72 bits per heavy atom. The molecule has 18 heavy (non-hydrogen) atoms. The van der Waals surface area contributed by atoms with Crippen molar-refractivity contribution in [1.29, 1.82) is 0 Å². The number of fused-ring (bicyclic) bond motifs is 1. The maximum Gasteiger partial charge on any atom is 0.162 e. The third kappa shape index (κ3) is 3.42. The van der Waals surface area contributed by atoms with Crippen molar-refractivity contribution < 1.29 is 14.3 Å². The minimum atomic E-state index is 0.0953. The quantitative estimate of drug-likeness (QED) is 0.784. The van der Waals surface area contributed by atoms with Crippen LogP contribution in [-0.2, 0) is 4.79 Å². The van der Waals surface area contributed by atoms with E-state index in [9.17, 15) is 4.79 Å². The number of benzene rings is 1. The van der Waals surface area contributed by atoms with Gasteiger partial charge >= 0.3 is 0 Å². The van der Waals surface area contributed by atoms with Crippen LogP contribution in [0.15, 0.2) is 23.1 Å². The molecule has 1 aliphatic heterocycles. The van der Waals surface area contributed by atoms with Crippen LogP contribution in [0.2, 0.25) is 0 Å². The first-order valence-corrected chi connectivity index (χ1v) is 7.20. The SMILES string of the molecule is CC(C)C(=O)CSc1ccc2c(c1)OCCCO2. The van der Waals surface area contributed by atoms with Crippen LogP contribution in [0.4, 0.5) is 0 Å². The second-order valence-electron chi connectivity index (χ2n) is 4.57. The van der Waals surface area contributed by atoms with Crippen molar-refractivity contribution in [3.63, 3.8) is 0 Å². The van der Waals surface area contributed by atoms with Gasteiger partial charge in [-0.15, -0.1) is 11.8 Å². The predicted octanol–water partition coefficient (Wildman–Crippen LogP) is 3.17. The van der Waals surface area contributed by atoms with Crippen LogP contribution in [0.3, 0.4) is 0 Å². The Morgan fingerprint density at radius 2 is 2.00 bits per heavy atom. The normalized spacial score (nSPS) is 14.4. The summed E-state index contributed by atoms with van der Waals surface area (Å²) in [6.07, 6.45) is 0.906. The molecule has 98 valence electrons. The maximum atomic E-state index is 11.6. The highest BCUT2D eigenvalue weighted by atomic mass is 32.2. The van der Waals surface area contributed by atoms with Gasteiger partial charge in [-0.1, -0.05) is 13.8 Å². The first-order valence-electron chi connectivity index (χ1n) is 6.22. The first kappa shape index (κ1) is 13.3. The van der Waals surface area contributed by atoms with E-state index in [1.165, 1.54) is 0 Å². The van der Waals surface area contributed by atoms with Crippen LogP contribution >= 0.6 is 11.8 Å². The summed E-state index contributed by atoms with van der Waals surface area (Å²) in [5.74, 6) is 2.46. The molecule has 0 saturated heterocycles. The molecule has 1 heterocycles. The molecule has 1 aromatic carbocycles. The van der Waals surface area contributed by atoms with Gasteiger partial charge in [0.1, 0.15) is 5.78 Å². The van der Waals surface area contributed by atoms with Crippen molar-refractivity contribution in [1.82, 2.24) is 0 Å². The monoisotopic (exact) mass is 266 g/mol. The average molecular weight is 266 g/mol. The van der Waals surface area contributed by atoms with Crippen molar-refractivity contribution in [2.75, 3.05) is 19.0 Å². The molecule has 0 saturated carbocycles. The molecule has 2 rings (SSSR count). The van der Waals surface area contributed by atoms with E-state index in [0.29, 0.717) is 19.0 Å². The standard InChI is InChI=1S/C14H18O3S/c1-10(2)12(15)9-18-11-4-5-13-14(8-11)17-7-3-6-16-13/h4-5,8,10H,3,6-7,9H2,1-2H3. The van der Waals surface area contributed by atoms with Gasteiger partial charge in [-0.25, -0.2) is 0 Å². The lowest BCUT2D eigenvalue weighted by molar-refractivity contribution is -0.119. The highest BCUT2D eigenvalue weighted by Gasteiger charge is 2.12. The fourth-order valence-corrected chi connectivity index (χ4v) is 2.55. The first-order chi connectivity index (χ1) is 8.66. The molecule has 0 atom stereocenters. The molecular formula is C14H18O3S. The van der Waals surface area contributed by atoms with Crippen molar-refractivity contribution in [3.8, 4) is 11.5 Å². The molecule has 3 nitrogen and oxygen atoms in total. The Hall–Kier alpha value is -1.16. The van der Waals surface area contributed by atoms with Gasteiger partial charge in [-0.2, -0.15) is 0 Å². The van der Waals surface area contributed by atoms with E-state index in [1.54, 1.807) is 11.8 Å². The lowest BCUT2D eigenvalue weighted by Crippen LogP contribution is -2.09. The zero-order chi connectivity index (χ0) is 13.0. The van der Waals surface area contributed by atoms with Crippen molar-refractivity contribution in [2.45, 2.75) is 25.2 Å². The van der Waals surface area contributed by atoms with E-state index < -0.39 is 0 Å². The van der Waals surface area contributed by atoms with E-state index in [0.717, 1.165) is 22.8 Å². The average Bonchev–Trinajstić information content (AvgIpc) is 2.60. The van der Waals surface area contributed by atoms with Gasteiger partial charge in [0, 0.05) is 17.2 Å². The fourth-order valence-electron chi connectivity index (χ4n) is 1.55. The summed E-state index contributed by atoms with van der Waals surface area (Å²) < 4.78 is 11.2. The van der Waals surface area contributed by atoms with Crippen LogP contribution in [-0.4, -0.2) is 24.7 Å². The van der Waals surface area contributed by atoms with E-state index in [2.05, 4.69) is 0 Å². The summed E-state index contributed by atoms with van der Waals surface area (Å²) in [4.78, 5) is 12.6. The zero-order valence-electron chi connectivity index (χ0n) is 10.8. The molecule has 0 N–H and O–H groups in total. The largest absolute Gasteiger partial charge is 0.490 e. The Morgan fingerprint density at radius 1 is 1.28 bits per heavy atom. The summed E-state index contributed by atoms with van der Waals surface area (Å²) in [5.41, 5.74) is 0. The molecule has 4 heteroatoms. The second kappa shape index (κ2) is 6.14. The highest BCUT2D eigenvalue weighted by molar-refractivity contribution is 8.00. The van der Waals surface area contributed by atoms with Crippen LogP contribution in [0.5, 0.6) is 11.5 Å². The summed E-state index contributed by atoms with van der Waals surface area (Å²) in [7, 11) is 0. The Labute approximate surface area is 112 Å². The summed E-state index contributed by atoms with van der Waals surface area (Å²) in [5, 5.41) is 0. The Bertz CT molecular complexity index is 429. The van der Waals surface area contributed by atoms with E-state index in [-0.39, 0.29) is 11.7 Å². The van der Waals surface area contributed by atoms with Gasteiger partial charge in [-0.3, -0.25) is 4.79 Å². The van der Waals surface area contributed by atoms with Crippen molar-refractivity contribution in [2.24, 2.45) is 5.92 Å². The fraction of sp³-hybridized carbons (Fsp3) is 0.500. The van der Waals surface area contributed by atoms with Crippen molar-refractivity contribution >= 4 is 17.5 Å². The van der Waals surface area contributed by atoms with E-state index in [1.807, 2.05) is 32.0 Å². The minimum Gasteiger partial charge on any atom is -0.490 e. The smallest absolute Gasteiger partial charge is 0.162 e. The number of hydrogen-bond acceptors (Lipinski definition) is 4. The van der Waals surface area contributed by atoms with E-state index >= 15 is 0 Å². The number of hydrogen-bond donors (Lipinski definition) is 0. The topological polar surface area (TPSA) is 35.5 Å². The van der Waals surface area contributed by atoms with Crippen molar-refractivity contribution in [3.05, 3.63) is 18.2 Å². The minimum absolute atomic E-state index is 0.0953. The number of ether oxygens (including phenoxy) is 2. The zero-order valence-corrected chi connectivity index (χ0v) is 11.6. The Balaban J connectivity index is 2.02. The lowest BCUT2D eigenvalue weighted by atomic mass is 10.1. The second-order valence-corrected chi connectivity index (χ2v) is 5.62. The number of carbonyl (C=O) groups is 1. The molecule has 1 aliphatic rings. The molecule has 0 amide bonds. The summed E-state index contributed by atoms with van der Waals surface area (Å²) in [6.45, 7) is 5.24. The molecule has 1 aromatic rings. The number of ketones is 1. The van der Waals surface area contributed by atoms with Gasteiger partial charge in [0.2, 0.25) is 0 Å². The Kier molecular flexibility index (Phi) is 4.53. The van der Waals surface area contributed by atoms with Gasteiger partial charge in [0.15, 0.2) is 11.5 Å². The van der Waals surface area contributed by atoms with Crippen LogP contribution in [0, 0.1) is 5.92 Å². The predicted molar refractivity (Wildman–Crippen MR) is 72.6 cm³/mol. The molecule has 0 aromatic heterocycles. The summed E-state index contributed by atoms with van der Waals surface area (Å²) in [6, 6.07) is 5.85. The third-order valence-corrected chi connectivity index (χ3v) is 3.76. The van der Waals surface area contributed by atoms with Crippen LogP contribution < -0.4 is 9.47 Å². The third-order valence-electron chi connectivity index (χ3n) is 2.74. The molecule has 0 bridgehead atoms. The summed E-state index contributed by atoms with van der Waals surface area (Å²) >= 11 is 1.55. The van der Waals surface area contributed by atoms with Gasteiger partial charge < -0.3 is 9.47 Å². The van der Waals surface area contributed by atoms with Gasteiger partial charge in [0.05, 0.1) is 19.0 Å². The number of Topliss-reactive ketones (excluding diaryl/α,β-unsaturated/α-hetero) is 1. The number of thioether (sulfide) groups is 1. The molecule has 0 unspecified atom stereocenters. The lowest BCUT2D eigenvalue weighted by Gasteiger charge is -2.09. The van der Waals surface area contributed by atoms with Crippen LogP contribution in [0.1, 0.15) is 20.3 Å². The molecule has 0 spiro atoms. The number of carbonyl (C=O) groups excluding carboxylic acids is 1. The van der Waals surface area contributed by atoms with Crippen LogP contribution in [0.25, 0.3) is 0 Å². The van der Waals surface area contributed by atoms with Gasteiger partial charge in [-0.05, 0) is 18.2 Å².